The highest BCUT2D eigenvalue weighted by Gasteiger charge is 2.28. The predicted molar refractivity (Wildman–Crippen MR) is 81.5 cm³/mol. The van der Waals surface area contributed by atoms with Crippen LogP contribution < -0.4 is 5.73 Å². The van der Waals surface area contributed by atoms with E-state index < -0.39 is 0 Å². The Hall–Kier alpha value is -2.36. The largest absolute Gasteiger partial charge is 0.399 e. The standard InChI is InChI=1S/C16H18N4/c1-16(2,11-6-8-12(17)9-7-11)15-19-13-5-4-10-18-14(13)20(15)3/h4-10H,17H2,1-3H3. The molecule has 0 saturated carbocycles. The lowest BCUT2D eigenvalue weighted by Crippen LogP contribution is -2.23. The van der Waals surface area contributed by atoms with Gasteiger partial charge in [-0.2, -0.15) is 0 Å². The van der Waals surface area contributed by atoms with Crippen molar-refractivity contribution < 1.29 is 0 Å². The summed E-state index contributed by atoms with van der Waals surface area (Å²) in [4.78, 5) is 9.16. The van der Waals surface area contributed by atoms with E-state index in [4.69, 9.17) is 10.7 Å². The molecule has 3 aromatic rings. The van der Waals surface area contributed by atoms with Gasteiger partial charge in [0, 0.05) is 24.3 Å². The zero-order chi connectivity index (χ0) is 14.3. The van der Waals surface area contributed by atoms with Gasteiger partial charge in [0.2, 0.25) is 0 Å². The summed E-state index contributed by atoms with van der Waals surface area (Å²) in [5, 5.41) is 0. The first-order valence-corrected chi connectivity index (χ1v) is 6.64. The maximum Gasteiger partial charge on any atom is 0.159 e. The van der Waals surface area contributed by atoms with Crippen molar-refractivity contribution in [3.8, 4) is 0 Å². The number of nitrogens with two attached hydrogens (primary N) is 1. The second-order valence-electron chi connectivity index (χ2n) is 5.59. The van der Waals surface area contributed by atoms with Crippen molar-refractivity contribution in [1.29, 1.82) is 0 Å². The van der Waals surface area contributed by atoms with Crippen LogP contribution in [0.1, 0.15) is 25.2 Å². The molecule has 3 rings (SSSR count). The summed E-state index contributed by atoms with van der Waals surface area (Å²) in [6.07, 6.45) is 1.80. The number of hydrogen-bond acceptors (Lipinski definition) is 3. The third-order valence-electron chi connectivity index (χ3n) is 3.82. The van der Waals surface area contributed by atoms with Gasteiger partial charge in [-0.25, -0.2) is 9.97 Å². The molecule has 0 atom stereocenters. The first-order valence-electron chi connectivity index (χ1n) is 6.64. The molecule has 2 aromatic heterocycles. The van der Waals surface area contributed by atoms with E-state index in [0.29, 0.717) is 0 Å². The summed E-state index contributed by atoms with van der Waals surface area (Å²) in [6, 6.07) is 11.9. The van der Waals surface area contributed by atoms with Crippen LogP contribution in [-0.2, 0) is 12.5 Å². The molecule has 0 aliphatic rings. The van der Waals surface area contributed by atoms with E-state index >= 15 is 0 Å². The van der Waals surface area contributed by atoms with Crippen LogP contribution in [0, 0.1) is 0 Å². The summed E-state index contributed by atoms with van der Waals surface area (Å²) in [5.41, 5.74) is 9.36. The third kappa shape index (κ3) is 1.84. The van der Waals surface area contributed by atoms with Crippen LogP contribution in [0.4, 0.5) is 5.69 Å². The molecule has 102 valence electrons. The molecule has 0 radical (unpaired) electrons. The number of nitrogen functional groups attached to an aromatic ring is 1. The summed E-state index contributed by atoms with van der Waals surface area (Å²) in [7, 11) is 2.01. The number of anilines is 1. The Balaban J connectivity index is 2.18. The number of benzene rings is 1. The van der Waals surface area contributed by atoms with Crippen molar-refractivity contribution in [3.05, 3.63) is 54.0 Å². The van der Waals surface area contributed by atoms with E-state index in [-0.39, 0.29) is 5.41 Å². The molecule has 0 fully saturated rings. The Kier molecular flexibility index (Phi) is 2.74. The number of pyridine rings is 1. The van der Waals surface area contributed by atoms with E-state index in [0.717, 1.165) is 22.7 Å². The maximum absolute atomic E-state index is 5.77. The van der Waals surface area contributed by atoms with Crippen LogP contribution in [0.5, 0.6) is 0 Å². The van der Waals surface area contributed by atoms with Crippen molar-refractivity contribution in [3.63, 3.8) is 0 Å². The summed E-state index contributed by atoms with van der Waals surface area (Å²) >= 11 is 0. The lowest BCUT2D eigenvalue weighted by Gasteiger charge is -2.24. The van der Waals surface area contributed by atoms with Crippen LogP contribution in [0.3, 0.4) is 0 Å². The van der Waals surface area contributed by atoms with E-state index in [9.17, 15) is 0 Å². The molecule has 20 heavy (non-hydrogen) atoms. The minimum Gasteiger partial charge on any atom is -0.399 e. The minimum absolute atomic E-state index is 0.205. The summed E-state index contributed by atoms with van der Waals surface area (Å²) in [5.74, 6) is 0.996. The van der Waals surface area contributed by atoms with Crippen LogP contribution in [0.15, 0.2) is 42.6 Å². The third-order valence-corrected chi connectivity index (χ3v) is 3.82. The Morgan fingerprint density at radius 3 is 2.45 bits per heavy atom. The highest BCUT2D eigenvalue weighted by Crippen LogP contribution is 2.32. The first kappa shape index (κ1) is 12.7. The van der Waals surface area contributed by atoms with E-state index in [2.05, 4.69) is 35.5 Å². The normalized spacial score (nSPS) is 11.9. The lowest BCUT2D eigenvalue weighted by molar-refractivity contribution is 0.566. The molecule has 2 N–H and O–H groups in total. The van der Waals surface area contributed by atoms with Crippen molar-refractivity contribution >= 4 is 16.9 Å². The molecular formula is C16H18N4. The van der Waals surface area contributed by atoms with Crippen molar-refractivity contribution in [2.45, 2.75) is 19.3 Å². The average molecular weight is 266 g/mol. The van der Waals surface area contributed by atoms with Crippen molar-refractivity contribution in [2.24, 2.45) is 7.05 Å². The molecule has 0 unspecified atom stereocenters. The molecule has 0 aliphatic carbocycles. The maximum atomic E-state index is 5.77. The number of fused-ring (bicyclic) bond motifs is 1. The molecule has 0 amide bonds. The molecule has 1 aromatic carbocycles. The smallest absolute Gasteiger partial charge is 0.159 e. The topological polar surface area (TPSA) is 56.7 Å². The van der Waals surface area contributed by atoms with Gasteiger partial charge in [0.25, 0.3) is 0 Å². The number of nitrogens with zero attached hydrogens (tertiary/aromatic N) is 3. The summed E-state index contributed by atoms with van der Waals surface area (Å²) in [6.45, 7) is 4.33. The van der Waals surface area contributed by atoms with Crippen molar-refractivity contribution in [1.82, 2.24) is 14.5 Å². The summed E-state index contributed by atoms with van der Waals surface area (Å²) < 4.78 is 2.06. The molecule has 0 aliphatic heterocycles. The fourth-order valence-electron chi connectivity index (χ4n) is 2.61. The first-order chi connectivity index (χ1) is 9.50. The fourth-order valence-corrected chi connectivity index (χ4v) is 2.61. The van der Waals surface area contributed by atoms with Gasteiger partial charge in [-0.15, -0.1) is 0 Å². The van der Waals surface area contributed by atoms with Crippen LogP contribution >= 0.6 is 0 Å². The Morgan fingerprint density at radius 1 is 1.10 bits per heavy atom. The Labute approximate surface area is 118 Å². The minimum atomic E-state index is -0.205. The zero-order valence-electron chi connectivity index (χ0n) is 12.0. The van der Waals surface area contributed by atoms with Crippen LogP contribution in [0.25, 0.3) is 11.2 Å². The number of rotatable bonds is 2. The van der Waals surface area contributed by atoms with Gasteiger partial charge >= 0.3 is 0 Å². The van der Waals surface area contributed by atoms with Crippen LogP contribution in [0.2, 0.25) is 0 Å². The second kappa shape index (κ2) is 4.34. The molecule has 0 bridgehead atoms. The van der Waals surface area contributed by atoms with Gasteiger partial charge in [0.05, 0.1) is 0 Å². The van der Waals surface area contributed by atoms with Gasteiger partial charge < -0.3 is 10.3 Å². The monoisotopic (exact) mass is 266 g/mol. The molecule has 2 heterocycles. The van der Waals surface area contributed by atoms with Crippen molar-refractivity contribution in [2.75, 3.05) is 5.73 Å². The average Bonchev–Trinajstić information content (AvgIpc) is 2.78. The highest BCUT2D eigenvalue weighted by molar-refractivity contribution is 5.71. The zero-order valence-corrected chi connectivity index (χ0v) is 12.0. The Morgan fingerprint density at radius 2 is 1.80 bits per heavy atom. The number of hydrogen-bond donors (Lipinski definition) is 1. The molecule has 4 heteroatoms. The number of aryl methyl sites for hydroxylation is 1. The predicted octanol–water partition coefficient (Wildman–Crippen LogP) is 2.88. The van der Waals surface area contributed by atoms with Gasteiger partial charge in [-0.3, -0.25) is 0 Å². The SMILES string of the molecule is Cn1c(C(C)(C)c2ccc(N)cc2)nc2cccnc21. The van der Waals surface area contributed by atoms with Gasteiger partial charge in [0.15, 0.2) is 5.65 Å². The molecule has 0 saturated heterocycles. The van der Waals surface area contributed by atoms with E-state index in [1.54, 1.807) is 6.20 Å². The molecular weight excluding hydrogens is 248 g/mol. The molecule has 0 spiro atoms. The van der Waals surface area contributed by atoms with Crippen LogP contribution in [-0.4, -0.2) is 14.5 Å². The Bertz CT molecular complexity index is 754. The van der Waals surface area contributed by atoms with E-state index in [1.807, 2.05) is 31.3 Å². The number of aromatic nitrogens is 3. The van der Waals surface area contributed by atoms with Gasteiger partial charge in [-0.1, -0.05) is 12.1 Å². The highest BCUT2D eigenvalue weighted by atomic mass is 15.1. The second-order valence-corrected chi connectivity index (χ2v) is 5.59. The molecule has 4 nitrogen and oxygen atoms in total. The van der Waals surface area contributed by atoms with E-state index in [1.165, 1.54) is 5.56 Å². The quantitative estimate of drug-likeness (QED) is 0.726. The van der Waals surface area contributed by atoms with Gasteiger partial charge in [-0.05, 0) is 43.7 Å². The lowest BCUT2D eigenvalue weighted by atomic mass is 9.83. The van der Waals surface area contributed by atoms with Gasteiger partial charge in [0.1, 0.15) is 11.3 Å². The number of imidazole rings is 1. The fraction of sp³-hybridized carbons (Fsp3) is 0.250.